The van der Waals surface area contributed by atoms with Gasteiger partial charge in [0, 0.05) is 23.5 Å². The monoisotopic (exact) mass is 241 g/mol. The molecule has 0 saturated heterocycles. The fourth-order valence-corrected chi connectivity index (χ4v) is 1.78. The fourth-order valence-electron chi connectivity index (χ4n) is 1.24. The van der Waals surface area contributed by atoms with E-state index in [0.29, 0.717) is 19.0 Å². The van der Waals surface area contributed by atoms with Crippen LogP contribution >= 0.6 is 11.3 Å². The highest BCUT2D eigenvalue weighted by atomic mass is 32.1. The molecule has 0 aliphatic rings. The van der Waals surface area contributed by atoms with E-state index in [2.05, 4.69) is 29.5 Å². The molecule has 0 atom stereocenters. The van der Waals surface area contributed by atoms with Gasteiger partial charge in [0.15, 0.2) is 0 Å². The molecule has 0 aliphatic carbocycles. The highest BCUT2D eigenvalue weighted by Crippen LogP contribution is 2.04. The van der Waals surface area contributed by atoms with Gasteiger partial charge in [0.2, 0.25) is 5.91 Å². The van der Waals surface area contributed by atoms with Crippen molar-refractivity contribution in [1.29, 1.82) is 0 Å². The van der Waals surface area contributed by atoms with Crippen LogP contribution in [0.1, 0.15) is 31.6 Å². The lowest BCUT2D eigenvalue weighted by Crippen LogP contribution is -2.26. The molecule has 5 heteroatoms. The average molecular weight is 241 g/mol. The smallest absolute Gasteiger partial charge is 0.220 e. The zero-order valence-corrected chi connectivity index (χ0v) is 10.6. The summed E-state index contributed by atoms with van der Waals surface area (Å²) in [5.41, 5.74) is 1.77. The summed E-state index contributed by atoms with van der Waals surface area (Å²) in [5, 5.41) is 6.16. The van der Waals surface area contributed by atoms with Gasteiger partial charge in [-0.05, 0) is 13.0 Å². The second-order valence-electron chi connectivity index (χ2n) is 3.96. The third-order valence-electron chi connectivity index (χ3n) is 2.08. The topological polar surface area (TPSA) is 54.0 Å². The molecule has 0 radical (unpaired) electrons. The number of carbonyl (C=O) groups excluding carboxylic acids is 1. The van der Waals surface area contributed by atoms with Crippen LogP contribution in [0.25, 0.3) is 0 Å². The predicted molar refractivity (Wildman–Crippen MR) is 66.3 cm³/mol. The van der Waals surface area contributed by atoms with Crippen molar-refractivity contribution in [3.8, 4) is 0 Å². The molecule has 0 aliphatic heterocycles. The van der Waals surface area contributed by atoms with E-state index >= 15 is 0 Å². The lowest BCUT2D eigenvalue weighted by Gasteiger charge is -2.07. The van der Waals surface area contributed by atoms with E-state index in [-0.39, 0.29) is 5.91 Å². The largest absolute Gasteiger partial charge is 0.351 e. The summed E-state index contributed by atoms with van der Waals surface area (Å²) in [7, 11) is 0. The number of hydrogen-bond acceptors (Lipinski definition) is 4. The SMILES string of the molecule is CC(C)NCCCC(=O)NCc1cncs1. The van der Waals surface area contributed by atoms with Gasteiger partial charge in [-0.1, -0.05) is 13.8 Å². The van der Waals surface area contributed by atoms with Crippen LogP contribution in [0, 0.1) is 0 Å². The van der Waals surface area contributed by atoms with Gasteiger partial charge in [-0.2, -0.15) is 0 Å². The van der Waals surface area contributed by atoms with E-state index in [1.54, 1.807) is 23.0 Å². The minimum atomic E-state index is 0.110. The van der Waals surface area contributed by atoms with Crippen molar-refractivity contribution in [3.63, 3.8) is 0 Å². The van der Waals surface area contributed by atoms with Crippen LogP contribution in [-0.4, -0.2) is 23.5 Å². The Kier molecular flexibility index (Phi) is 6.03. The van der Waals surface area contributed by atoms with Crippen molar-refractivity contribution in [3.05, 3.63) is 16.6 Å². The zero-order valence-electron chi connectivity index (χ0n) is 9.82. The lowest BCUT2D eigenvalue weighted by molar-refractivity contribution is -0.121. The van der Waals surface area contributed by atoms with Gasteiger partial charge in [-0.15, -0.1) is 11.3 Å². The Bertz CT molecular complexity index is 298. The Morgan fingerprint density at radius 2 is 2.38 bits per heavy atom. The quantitative estimate of drug-likeness (QED) is 0.712. The van der Waals surface area contributed by atoms with Gasteiger partial charge in [-0.25, -0.2) is 0 Å². The molecule has 2 N–H and O–H groups in total. The molecule has 90 valence electrons. The van der Waals surface area contributed by atoms with Gasteiger partial charge in [-0.3, -0.25) is 9.78 Å². The number of nitrogens with one attached hydrogen (secondary N) is 2. The zero-order chi connectivity index (χ0) is 11.8. The summed E-state index contributed by atoms with van der Waals surface area (Å²) in [6, 6.07) is 0.486. The third-order valence-corrected chi connectivity index (χ3v) is 2.86. The van der Waals surface area contributed by atoms with E-state index in [1.807, 2.05) is 0 Å². The van der Waals surface area contributed by atoms with Gasteiger partial charge in [0.05, 0.1) is 12.1 Å². The molecule has 0 saturated carbocycles. The second kappa shape index (κ2) is 7.35. The number of hydrogen-bond donors (Lipinski definition) is 2. The molecule has 1 heterocycles. The molecule has 1 aromatic heterocycles. The Morgan fingerprint density at radius 3 is 3.00 bits per heavy atom. The van der Waals surface area contributed by atoms with Crippen LogP contribution < -0.4 is 10.6 Å². The molecule has 4 nitrogen and oxygen atoms in total. The highest BCUT2D eigenvalue weighted by molar-refractivity contribution is 7.09. The molecule has 0 spiro atoms. The molecular weight excluding hydrogens is 222 g/mol. The fraction of sp³-hybridized carbons (Fsp3) is 0.636. The van der Waals surface area contributed by atoms with Crippen molar-refractivity contribution >= 4 is 17.2 Å². The normalized spacial score (nSPS) is 10.7. The molecule has 1 rings (SSSR count). The number of aromatic nitrogens is 1. The number of rotatable bonds is 7. The first kappa shape index (κ1) is 13.1. The van der Waals surface area contributed by atoms with E-state index in [0.717, 1.165) is 17.8 Å². The molecule has 0 bridgehead atoms. The summed E-state index contributed by atoms with van der Waals surface area (Å²) in [6.07, 6.45) is 3.25. The van der Waals surface area contributed by atoms with Crippen molar-refractivity contribution in [2.75, 3.05) is 6.54 Å². The van der Waals surface area contributed by atoms with E-state index in [9.17, 15) is 4.79 Å². The van der Waals surface area contributed by atoms with Crippen LogP contribution in [0.4, 0.5) is 0 Å². The number of nitrogens with zero attached hydrogens (tertiary/aromatic N) is 1. The Morgan fingerprint density at radius 1 is 1.56 bits per heavy atom. The van der Waals surface area contributed by atoms with Crippen LogP contribution in [0.15, 0.2) is 11.7 Å². The van der Waals surface area contributed by atoms with E-state index < -0.39 is 0 Å². The lowest BCUT2D eigenvalue weighted by atomic mass is 10.2. The molecule has 16 heavy (non-hydrogen) atoms. The third kappa shape index (κ3) is 5.82. The van der Waals surface area contributed by atoms with E-state index in [4.69, 9.17) is 0 Å². The minimum absolute atomic E-state index is 0.110. The summed E-state index contributed by atoms with van der Waals surface area (Å²) in [6.45, 7) is 5.69. The minimum Gasteiger partial charge on any atom is -0.351 e. The van der Waals surface area contributed by atoms with Crippen LogP contribution in [0.3, 0.4) is 0 Å². The number of thiazole rings is 1. The van der Waals surface area contributed by atoms with Gasteiger partial charge in [0.25, 0.3) is 0 Å². The maximum absolute atomic E-state index is 11.4. The Balaban J connectivity index is 2.03. The van der Waals surface area contributed by atoms with Crippen LogP contribution in [-0.2, 0) is 11.3 Å². The predicted octanol–water partition coefficient (Wildman–Crippen LogP) is 1.54. The molecule has 1 amide bonds. The Hall–Kier alpha value is -0.940. The number of amides is 1. The van der Waals surface area contributed by atoms with Gasteiger partial charge >= 0.3 is 0 Å². The first-order valence-electron chi connectivity index (χ1n) is 5.56. The first-order chi connectivity index (χ1) is 7.68. The summed E-state index contributed by atoms with van der Waals surface area (Å²) < 4.78 is 0. The Labute approximate surface area is 100 Å². The van der Waals surface area contributed by atoms with Crippen molar-refractivity contribution in [2.45, 2.75) is 39.3 Å². The van der Waals surface area contributed by atoms with Crippen molar-refractivity contribution < 1.29 is 4.79 Å². The first-order valence-corrected chi connectivity index (χ1v) is 6.44. The molecule has 0 aromatic carbocycles. The molecule has 0 fully saturated rings. The summed E-state index contributed by atoms with van der Waals surface area (Å²) >= 11 is 1.56. The summed E-state index contributed by atoms with van der Waals surface area (Å²) in [5.74, 6) is 0.110. The number of carbonyl (C=O) groups is 1. The van der Waals surface area contributed by atoms with Crippen LogP contribution in [0.5, 0.6) is 0 Å². The van der Waals surface area contributed by atoms with Gasteiger partial charge in [0.1, 0.15) is 0 Å². The molecule has 1 aromatic rings. The second-order valence-corrected chi connectivity index (χ2v) is 4.93. The van der Waals surface area contributed by atoms with Gasteiger partial charge < -0.3 is 10.6 Å². The standard InChI is InChI=1S/C11H19N3OS/c1-9(2)13-5-3-4-11(15)14-7-10-6-12-8-16-10/h6,8-9,13H,3-5,7H2,1-2H3,(H,14,15). The maximum atomic E-state index is 11.4. The van der Waals surface area contributed by atoms with Crippen molar-refractivity contribution in [2.24, 2.45) is 0 Å². The highest BCUT2D eigenvalue weighted by Gasteiger charge is 2.02. The maximum Gasteiger partial charge on any atom is 0.220 e. The average Bonchev–Trinajstić information content (AvgIpc) is 2.74. The van der Waals surface area contributed by atoms with E-state index in [1.165, 1.54) is 0 Å². The van der Waals surface area contributed by atoms with Crippen LogP contribution in [0.2, 0.25) is 0 Å². The molecule has 0 unspecified atom stereocenters. The van der Waals surface area contributed by atoms with Crippen molar-refractivity contribution in [1.82, 2.24) is 15.6 Å². The molecular formula is C11H19N3OS. The summed E-state index contributed by atoms with van der Waals surface area (Å²) in [4.78, 5) is 16.5.